The van der Waals surface area contributed by atoms with Gasteiger partial charge >= 0.3 is 0 Å². The molecule has 2 heterocycles. The minimum Gasteiger partial charge on any atom is -0.368 e. The fourth-order valence-electron chi connectivity index (χ4n) is 3.45. The zero-order chi connectivity index (χ0) is 19.2. The number of hydrogen-bond acceptors (Lipinski definition) is 4. The summed E-state index contributed by atoms with van der Waals surface area (Å²) < 4.78 is 0. The highest BCUT2D eigenvalue weighted by Crippen LogP contribution is 2.21. The predicted molar refractivity (Wildman–Crippen MR) is 115 cm³/mol. The van der Waals surface area contributed by atoms with E-state index >= 15 is 0 Å². The average molecular weight is 369 g/mol. The van der Waals surface area contributed by atoms with Gasteiger partial charge in [-0.05, 0) is 48.0 Å². The molecule has 1 fully saturated rings. The quantitative estimate of drug-likeness (QED) is 0.496. The van der Waals surface area contributed by atoms with Gasteiger partial charge in [0.15, 0.2) is 5.78 Å². The van der Waals surface area contributed by atoms with Gasteiger partial charge in [0.1, 0.15) is 0 Å². The van der Waals surface area contributed by atoms with Crippen LogP contribution >= 0.6 is 0 Å². The first-order valence-corrected chi connectivity index (χ1v) is 9.57. The van der Waals surface area contributed by atoms with E-state index in [-0.39, 0.29) is 5.78 Å². The van der Waals surface area contributed by atoms with Crippen LogP contribution < -0.4 is 9.80 Å². The van der Waals surface area contributed by atoms with Crippen LogP contribution in [0.3, 0.4) is 0 Å². The van der Waals surface area contributed by atoms with E-state index in [1.54, 1.807) is 6.08 Å². The molecule has 0 atom stereocenters. The molecule has 0 amide bonds. The Labute approximate surface area is 165 Å². The number of allylic oxidation sites excluding steroid dienone is 1. The number of pyridine rings is 1. The van der Waals surface area contributed by atoms with Gasteiger partial charge in [-0.15, -0.1) is 0 Å². The molecule has 0 aliphatic carbocycles. The van der Waals surface area contributed by atoms with Gasteiger partial charge in [-0.3, -0.25) is 9.78 Å². The lowest BCUT2D eigenvalue weighted by Gasteiger charge is -2.37. The van der Waals surface area contributed by atoms with E-state index in [1.807, 2.05) is 73.1 Å². The molecule has 0 saturated carbocycles. The molecule has 1 saturated heterocycles. The van der Waals surface area contributed by atoms with Crippen LogP contribution in [0.15, 0.2) is 85.2 Å². The van der Waals surface area contributed by atoms with Crippen LogP contribution in [0.2, 0.25) is 0 Å². The monoisotopic (exact) mass is 369 g/mol. The molecule has 1 aromatic heterocycles. The number of carbonyl (C=O) groups excluding carboxylic acids is 1. The second-order valence-electron chi connectivity index (χ2n) is 6.83. The van der Waals surface area contributed by atoms with Crippen molar-refractivity contribution < 1.29 is 4.79 Å². The number of hydrogen-bond donors (Lipinski definition) is 0. The molecule has 1 aliphatic heterocycles. The van der Waals surface area contributed by atoms with Gasteiger partial charge in [0.25, 0.3) is 0 Å². The van der Waals surface area contributed by atoms with Crippen LogP contribution in [0.1, 0.15) is 15.9 Å². The Morgan fingerprint density at radius 1 is 0.750 bits per heavy atom. The third-order valence-electron chi connectivity index (χ3n) is 5.05. The fourth-order valence-corrected chi connectivity index (χ4v) is 3.45. The zero-order valence-corrected chi connectivity index (χ0v) is 15.7. The average Bonchev–Trinajstić information content (AvgIpc) is 2.79. The molecule has 1 aliphatic rings. The summed E-state index contributed by atoms with van der Waals surface area (Å²) in [5, 5.41) is 0. The lowest BCUT2D eigenvalue weighted by molar-refractivity contribution is 0.104. The molecule has 4 heteroatoms. The molecule has 3 aromatic rings. The van der Waals surface area contributed by atoms with Crippen LogP contribution in [-0.4, -0.2) is 36.9 Å². The Bertz CT molecular complexity index is 929. The smallest absolute Gasteiger partial charge is 0.185 e. The highest BCUT2D eigenvalue weighted by Gasteiger charge is 2.17. The summed E-state index contributed by atoms with van der Waals surface area (Å²) in [6.07, 6.45) is 7.17. The van der Waals surface area contributed by atoms with Crippen LogP contribution in [-0.2, 0) is 0 Å². The number of piperazine rings is 1. The van der Waals surface area contributed by atoms with E-state index in [0.29, 0.717) is 5.56 Å². The Kier molecular flexibility index (Phi) is 5.48. The Balaban J connectivity index is 1.36. The summed E-state index contributed by atoms with van der Waals surface area (Å²) in [7, 11) is 0. The lowest BCUT2D eigenvalue weighted by Crippen LogP contribution is -2.46. The van der Waals surface area contributed by atoms with Gasteiger partial charge in [-0.1, -0.05) is 36.4 Å². The number of carbonyl (C=O) groups is 1. The van der Waals surface area contributed by atoms with Crippen LogP contribution in [0.5, 0.6) is 0 Å². The van der Waals surface area contributed by atoms with Crippen LogP contribution in [0.25, 0.3) is 6.08 Å². The van der Waals surface area contributed by atoms with Crippen LogP contribution in [0, 0.1) is 0 Å². The maximum absolute atomic E-state index is 12.4. The van der Waals surface area contributed by atoms with E-state index in [0.717, 1.165) is 37.4 Å². The number of nitrogens with zero attached hydrogens (tertiary/aromatic N) is 3. The van der Waals surface area contributed by atoms with Gasteiger partial charge < -0.3 is 9.80 Å². The minimum absolute atomic E-state index is 0.0258. The maximum atomic E-state index is 12.4. The first kappa shape index (κ1) is 18.0. The number of aromatic nitrogens is 1. The van der Waals surface area contributed by atoms with E-state index in [1.165, 1.54) is 5.69 Å². The summed E-state index contributed by atoms with van der Waals surface area (Å²) in [5.74, 6) is 0.0258. The third-order valence-corrected chi connectivity index (χ3v) is 5.05. The van der Waals surface area contributed by atoms with Crippen molar-refractivity contribution in [3.05, 3.63) is 96.3 Å². The normalized spacial score (nSPS) is 14.4. The SMILES string of the molecule is O=C(/C=C/c1ccccc1)c1ccc(N2CCN(c3ccncc3)CC2)cc1. The van der Waals surface area contributed by atoms with Crippen molar-refractivity contribution in [1.82, 2.24) is 4.98 Å². The lowest BCUT2D eigenvalue weighted by atomic mass is 10.1. The molecule has 4 rings (SSSR count). The maximum Gasteiger partial charge on any atom is 0.185 e. The number of anilines is 2. The first-order valence-electron chi connectivity index (χ1n) is 9.57. The third kappa shape index (κ3) is 4.29. The zero-order valence-electron chi connectivity index (χ0n) is 15.7. The Morgan fingerprint density at radius 2 is 1.32 bits per heavy atom. The summed E-state index contributed by atoms with van der Waals surface area (Å²) >= 11 is 0. The minimum atomic E-state index is 0.0258. The van der Waals surface area contributed by atoms with Crippen molar-refractivity contribution in [3.8, 4) is 0 Å². The van der Waals surface area contributed by atoms with Gasteiger partial charge in [-0.2, -0.15) is 0 Å². The molecular weight excluding hydrogens is 346 g/mol. The summed E-state index contributed by atoms with van der Waals surface area (Å²) in [6.45, 7) is 3.88. The number of rotatable bonds is 5. The molecule has 2 aromatic carbocycles. The van der Waals surface area contributed by atoms with Gasteiger partial charge in [0.2, 0.25) is 0 Å². The largest absolute Gasteiger partial charge is 0.368 e. The first-order chi connectivity index (χ1) is 13.8. The fraction of sp³-hybridized carbons (Fsp3) is 0.167. The van der Waals surface area contributed by atoms with E-state index in [2.05, 4.69) is 26.9 Å². The highest BCUT2D eigenvalue weighted by molar-refractivity contribution is 6.06. The molecule has 0 unspecified atom stereocenters. The van der Waals surface area contributed by atoms with E-state index in [4.69, 9.17) is 0 Å². The van der Waals surface area contributed by atoms with Crippen molar-refractivity contribution in [1.29, 1.82) is 0 Å². The highest BCUT2D eigenvalue weighted by atomic mass is 16.1. The van der Waals surface area contributed by atoms with Crippen molar-refractivity contribution in [2.75, 3.05) is 36.0 Å². The topological polar surface area (TPSA) is 36.4 Å². The molecule has 0 bridgehead atoms. The molecule has 0 spiro atoms. The number of benzene rings is 2. The number of ketones is 1. The van der Waals surface area contributed by atoms with E-state index < -0.39 is 0 Å². The van der Waals surface area contributed by atoms with Gasteiger partial charge in [0.05, 0.1) is 0 Å². The molecule has 28 heavy (non-hydrogen) atoms. The van der Waals surface area contributed by atoms with Gasteiger partial charge in [0, 0.05) is 55.5 Å². The standard InChI is InChI=1S/C24H23N3O/c28-24(11-6-20-4-2-1-3-5-20)21-7-9-22(10-8-21)26-16-18-27(19-17-26)23-12-14-25-15-13-23/h1-15H,16-19H2/b11-6+. The van der Waals surface area contributed by atoms with Gasteiger partial charge in [-0.25, -0.2) is 0 Å². The van der Waals surface area contributed by atoms with Crippen molar-refractivity contribution in [2.45, 2.75) is 0 Å². The second-order valence-corrected chi connectivity index (χ2v) is 6.83. The van der Waals surface area contributed by atoms with E-state index in [9.17, 15) is 4.79 Å². The summed E-state index contributed by atoms with van der Waals surface area (Å²) in [4.78, 5) is 21.2. The predicted octanol–water partition coefficient (Wildman–Crippen LogP) is 4.30. The second kappa shape index (κ2) is 8.53. The molecular formula is C24H23N3O. The molecule has 140 valence electrons. The van der Waals surface area contributed by atoms with Crippen LogP contribution in [0.4, 0.5) is 11.4 Å². The Hall–Kier alpha value is -3.40. The summed E-state index contributed by atoms with van der Waals surface area (Å²) in [6, 6.07) is 21.9. The molecule has 4 nitrogen and oxygen atoms in total. The summed E-state index contributed by atoms with van der Waals surface area (Å²) in [5.41, 5.74) is 4.13. The van der Waals surface area contributed by atoms with Crippen molar-refractivity contribution >= 4 is 23.2 Å². The Morgan fingerprint density at radius 3 is 1.93 bits per heavy atom. The van der Waals surface area contributed by atoms with Crippen molar-refractivity contribution in [3.63, 3.8) is 0 Å². The molecule has 0 radical (unpaired) electrons. The molecule has 0 N–H and O–H groups in total. The van der Waals surface area contributed by atoms with Crippen molar-refractivity contribution in [2.24, 2.45) is 0 Å².